The lowest BCUT2D eigenvalue weighted by Crippen LogP contribution is -2.34. The van der Waals surface area contributed by atoms with Crippen LogP contribution in [0.5, 0.6) is 5.75 Å². The third kappa shape index (κ3) is 5.08. The van der Waals surface area contributed by atoms with Crippen molar-refractivity contribution < 1.29 is 22.1 Å². The maximum Gasteiger partial charge on any atom is 0.324 e. The molecule has 2 atom stereocenters. The first-order chi connectivity index (χ1) is 15.3. The largest absolute Gasteiger partial charge is 0.491 e. The zero-order chi connectivity index (χ0) is 22.9. The van der Waals surface area contributed by atoms with Crippen molar-refractivity contribution in [3.8, 4) is 5.75 Å². The van der Waals surface area contributed by atoms with Crippen molar-refractivity contribution in [3.05, 3.63) is 29.8 Å². The van der Waals surface area contributed by atoms with E-state index >= 15 is 0 Å². The Morgan fingerprint density at radius 3 is 2.66 bits per heavy atom. The summed E-state index contributed by atoms with van der Waals surface area (Å²) in [6.45, 7) is 7.96. The molecule has 0 unspecified atom stereocenters. The number of rotatable bonds is 9. The lowest BCUT2D eigenvalue weighted by molar-refractivity contribution is 0.272. The molecule has 4 rings (SSSR count). The van der Waals surface area contributed by atoms with Gasteiger partial charge in [0.2, 0.25) is 0 Å². The van der Waals surface area contributed by atoms with Crippen LogP contribution in [0, 0.1) is 23.6 Å². The maximum atomic E-state index is 14.2. The molecule has 2 aliphatic rings. The summed E-state index contributed by atoms with van der Waals surface area (Å²) in [5.74, 6) is 2.47. The minimum atomic E-state index is -3.42. The van der Waals surface area contributed by atoms with Gasteiger partial charge in [0.05, 0.1) is 17.3 Å². The van der Waals surface area contributed by atoms with E-state index in [0.717, 1.165) is 44.2 Å². The van der Waals surface area contributed by atoms with Gasteiger partial charge >= 0.3 is 6.01 Å². The molecular formula is C23H32FN3O4S. The number of nitrogens with zero attached hydrogens (tertiary/aromatic N) is 3. The van der Waals surface area contributed by atoms with Gasteiger partial charge in [-0.2, -0.15) is 4.98 Å². The van der Waals surface area contributed by atoms with Crippen molar-refractivity contribution in [1.82, 2.24) is 10.1 Å². The number of benzene rings is 1. The first-order valence-electron chi connectivity index (χ1n) is 11.5. The monoisotopic (exact) mass is 465 g/mol. The van der Waals surface area contributed by atoms with Crippen molar-refractivity contribution in [2.24, 2.45) is 17.8 Å². The molecule has 1 aromatic heterocycles. The summed E-state index contributed by atoms with van der Waals surface area (Å²) in [6, 6.07) is 4.52. The van der Waals surface area contributed by atoms with Crippen molar-refractivity contribution in [1.29, 1.82) is 0 Å². The smallest absolute Gasteiger partial charge is 0.324 e. The highest BCUT2D eigenvalue weighted by molar-refractivity contribution is 7.91. The third-order valence-corrected chi connectivity index (χ3v) is 8.46. The van der Waals surface area contributed by atoms with Gasteiger partial charge < -0.3 is 14.2 Å². The molecule has 0 spiro atoms. The molecule has 1 saturated heterocycles. The van der Waals surface area contributed by atoms with E-state index in [4.69, 9.17) is 9.26 Å². The van der Waals surface area contributed by atoms with Gasteiger partial charge in [0, 0.05) is 19.0 Å². The van der Waals surface area contributed by atoms with Crippen LogP contribution < -0.4 is 9.64 Å². The number of aromatic nitrogens is 2. The fourth-order valence-corrected chi connectivity index (χ4v) is 5.46. The van der Waals surface area contributed by atoms with Crippen LogP contribution in [0.2, 0.25) is 0 Å². The highest BCUT2D eigenvalue weighted by Crippen LogP contribution is 2.50. The van der Waals surface area contributed by atoms with Crippen LogP contribution in [0.3, 0.4) is 0 Å². The predicted molar refractivity (Wildman–Crippen MR) is 119 cm³/mol. The second-order valence-electron chi connectivity index (χ2n) is 9.21. The van der Waals surface area contributed by atoms with Gasteiger partial charge in [0.1, 0.15) is 0 Å². The summed E-state index contributed by atoms with van der Waals surface area (Å²) in [7, 11) is -3.42. The van der Waals surface area contributed by atoms with Crippen molar-refractivity contribution >= 4 is 15.9 Å². The number of sulfone groups is 1. The minimum Gasteiger partial charge on any atom is -0.491 e. The fourth-order valence-electron chi connectivity index (χ4n) is 4.57. The first kappa shape index (κ1) is 23.0. The molecule has 0 radical (unpaired) electrons. The van der Waals surface area contributed by atoms with E-state index in [-0.39, 0.29) is 22.3 Å². The van der Waals surface area contributed by atoms with Crippen molar-refractivity contribution in [2.45, 2.75) is 57.3 Å². The minimum absolute atomic E-state index is 0.000548. The Balaban J connectivity index is 1.20. The summed E-state index contributed by atoms with van der Waals surface area (Å²) in [5, 5.41) is 4.06. The van der Waals surface area contributed by atoms with E-state index < -0.39 is 15.7 Å². The number of piperidine rings is 1. The summed E-state index contributed by atoms with van der Waals surface area (Å²) >= 11 is 0. The van der Waals surface area contributed by atoms with Gasteiger partial charge in [-0.1, -0.05) is 25.9 Å². The Bertz CT molecular complexity index is 1030. The molecule has 0 N–H and O–H groups in total. The SMILES string of the molecule is CCS(=O)(=O)c1ccc(OCC[C@H]2C[C@@H]2C2CCN(c3nc(C(C)C)no3)CC2)c(F)c1. The van der Waals surface area contributed by atoms with E-state index in [0.29, 0.717) is 30.4 Å². The van der Waals surface area contributed by atoms with Crippen molar-refractivity contribution in [3.63, 3.8) is 0 Å². The van der Waals surface area contributed by atoms with E-state index in [2.05, 4.69) is 28.9 Å². The summed E-state index contributed by atoms with van der Waals surface area (Å²) in [4.78, 5) is 6.68. The number of anilines is 1. The highest BCUT2D eigenvalue weighted by atomic mass is 32.2. The molecule has 0 bridgehead atoms. The molecule has 1 aliphatic heterocycles. The Labute approximate surface area is 189 Å². The molecule has 1 aromatic carbocycles. The summed E-state index contributed by atoms with van der Waals surface area (Å²) < 4.78 is 49.0. The molecule has 2 fully saturated rings. The highest BCUT2D eigenvalue weighted by Gasteiger charge is 2.43. The lowest BCUT2D eigenvalue weighted by Gasteiger charge is -2.30. The first-order valence-corrected chi connectivity index (χ1v) is 13.2. The van der Waals surface area contributed by atoms with Crippen molar-refractivity contribution in [2.75, 3.05) is 30.3 Å². The van der Waals surface area contributed by atoms with Crippen LogP contribution in [-0.2, 0) is 9.84 Å². The normalized spacial score (nSPS) is 21.8. The zero-order valence-electron chi connectivity index (χ0n) is 19.0. The average molecular weight is 466 g/mol. The lowest BCUT2D eigenvalue weighted by atomic mass is 9.90. The van der Waals surface area contributed by atoms with E-state index in [9.17, 15) is 12.8 Å². The van der Waals surface area contributed by atoms with Crippen LogP contribution >= 0.6 is 0 Å². The van der Waals surface area contributed by atoms with Gasteiger partial charge in [0.15, 0.2) is 27.2 Å². The van der Waals surface area contributed by atoms with E-state index in [1.165, 1.54) is 18.6 Å². The van der Waals surface area contributed by atoms with Crippen LogP contribution in [0.4, 0.5) is 10.4 Å². The van der Waals surface area contributed by atoms with E-state index in [1.807, 2.05) is 0 Å². The summed E-state index contributed by atoms with van der Waals surface area (Å²) in [6.07, 6.45) is 4.32. The van der Waals surface area contributed by atoms with Crippen LogP contribution in [-0.4, -0.2) is 44.0 Å². The van der Waals surface area contributed by atoms with Crippen LogP contribution in [0.15, 0.2) is 27.6 Å². The topological polar surface area (TPSA) is 85.5 Å². The quantitative estimate of drug-likeness (QED) is 0.541. The maximum absolute atomic E-state index is 14.2. The standard InChI is InChI=1S/C23H32FN3O4S/c1-4-32(28,29)18-5-6-21(20(24)14-18)30-12-9-17-13-19(17)16-7-10-27(11-8-16)23-25-22(15(2)3)26-31-23/h5-6,14-17,19H,4,7-13H2,1-3H3/t17-,19+/m0/s1. The molecule has 7 nitrogen and oxygen atoms in total. The van der Waals surface area contributed by atoms with Gasteiger partial charge in [-0.25, -0.2) is 12.8 Å². The Morgan fingerprint density at radius 2 is 2.03 bits per heavy atom. The van der Waals surface area contributed by atoms with Crippen LogP contribution in [0.25, 0.3) is 0 Å². The van der Waals surface area contributed by atoms with Gasteiger partial charge in [0.25, 0.3) is 0 Å². The number of ether oxygens (including phenoxy) is 1. The molecular weight excluding hydrogens is 433 g/mol. The Hall–Kier alpha value is -2.16. The molecule has 2 heterocycles. The fraction of sp³-hybridized carbons (Fsp3) is 0.652. The zero-order valence-corrected chi connectivity index (χ0v) is 19.8. The van der Waals surface area contributed by atoms with Crippen LogP contribution in [0.1, 0.15) is 58.2 Å². The molecule has 9 heteroatoms. The molecule has 32 heavy (non-hydrogen) atoms. The second-order valence-corrected chi connectivity index (χ2v) is 11.5. The molecule has 2 aromatic rings. The predicted octanol–water partition coefficient (Wildman–Crippen LogP) is 4.45. The van der Waals surface area contributed by atoms with Gasteiger partial charge in [-0.3, -0.25) is 0 Å². The van der Waals surface area contributed by atoms with Gasteiger partial charge in [-0.15, -0.1) is 0 Å². The molecule has 176 valence electrons. The molecule has 0 amide bonds. The second kappa shape index (κ2) is 9.37. The third-order valence-electron chi connectivity index (χ3n) is 6.73. The average Bonchev–Trinajstić information content (AvgIpc) is 3.37. The number of hydrogen-bond donors (Lipinski definition) is 0. The Kier molecular flexibility index (Phi) is 6.74. The van der Waals surface area contributed by atoms with E-state index in [1.54, 1.807) is 6.92 Å². The Morgan fingerprint density at radius 1 is 1.28 bits per heavy atom. The molecule has 1 saturated carbocycles. The number of halogens is 1. The van der Waals surface area contributed by atoms with Gasteiger partial charge in [-0.05, 0) is 61.6 Å². The number of hydrogen-bond acceptors (Lipinski definition) is 7. The molecule has 1 aliphatic carbocycles. The summed E-state index contributed by atoms with van der Waals surface area (Å²) in [5.41, 5.74) is 0.